The minimum Gasteiger partial charge on any atom is -0.205 e. The molecule has 0 aromatic heterocycles. The van der Waals surface area contributed by atoms with Crippen LogP contribution in [0.4, 0.5) is 39.5 Å². The highest BCUT2D eigenvalue weighted by Gasteiger charge is 2.31. The largest absolute Gasteiger partial charge is 0.205 e. The van der Waals surface area contributed by atoms with Crippen molar-refractivity contribution in [3.8, 4) is 0 Å². The standard InChI is InChI=1S/C15H3BF9/c1-16-6-2-4(10(20)14(24)12(22)8(2)18)7(17)5-3(6)9(19)13(23)15(25)11(5)21/h1H3. The second-order valence-corrected chi connectivity index (χ2v) is 5.03. The third-order valence-electron chi connectivity index (χ3n) is 3.80. The van der Waals surface area contributed by atoms with E-state index in [1.54, 1.807) is 0 Å². The molecule has 0 fully saturated rings. The predicted molar refractivity (Wildman–Crippen MR) is 72.3 cm³/mol. The first-order valence-electron chi connectivity index (χ1n) is 6.57. The Labute approximate surface area is 134 Å². The molecule has 129 valence electrons. The van der Waals surface area contributed by atoms with Gasteiger partial charge in [-0.3, -0.25) is 0 Å². The van der Waals surface area contributed by atoms with Crippen LogP contribution < -0.4 is 5.46 Å². The van der Waals surface area contributed by atoms with E-state index in [9.17, 15) is 39.5 Å². The smallest absolute Gasteiger partial charge is 0.198 e. The maximum atomic E-state index is 14.5. The molecule has 0 bridgehead atoms. The van der Waals surface area contributed by atoms with Gasteiger partial charge in [0, 0.05) is 10.8 Å². The highest BCUT2D eigenvalue weighted by molar-refractivity contribution is 6.60. The average molecular weight is 365 g/mol. The molecule has 25 heavy (non-hydrogen) atoms. The monoisotopic (exact) mass is 365 g/mol. The van der Waals surface area contributed by atoms with E-state index in [2.05, 4.69) is 0 Å². The number of benzene rings is 3. The average Bonchev–Trinajstić information content (AvgIpc) is 2.59. The maximum Gasteiger partial charge on any atom is 0.198 e. The first-order chi connectivity index (χ1) is 11.6. The first kappa shape index (κ1) is 17.4. The summed E-state index contributed by atoms with van der Waals surface area (Å²) in [6.07, 6.45) is 0. The van der Waals surface area contributed by atoms with Gasteiger partial charge in [-0.15, -0.1) is 0 Å². The molecular weight excluding hydrogens is 362 g/mol. The van der Waals surface area contributed by atoms with E-state index in [0.29, 0.717) is 0 Å². The van der Waals surface area contributed by atoms with Crippen molar-refractivity contribution < 1.29 is 39.5 Å². The Balaban J connectivity index is 2.84. The zero-order chi connectivity index (χ0) is 18.8. The van der Waals surface area contributed by atoms with Crippen LogP contribution in [0.5, 0.6) is 0 Å². The summed E-state index contributed by atoms with van der Waals surface area (Å²) in [7, 11) is 0.768. The summed E-state index contributed by atoms with van der Waals surface area (Å²) in [6, 6.07) is 0. The van der Waals surface area contributed by atoms with Crippen LogP contribution in [0.2, 0.25) is 6.82 Å². The Morgan fingerprint density at radius 2 is 0.680 bits per heavy atom. The molecule has 0 N–H and O–H groups in total. The second-order valence-electron chi connectivity index (χ2n) is 5.03. The molecule has 10 heteroatoms. The second kappa shape index (κ2) is 5.57. The van der Waals surface area contributed by atoms with Crippen molar-refractivity contribution in [3.63, 3.8) is 0 Å². The Morgan fingerprint density at radius 1 is 0.400 bits per heavy atom. The zero-order valence-corrected chi connectivity index (χ0v) is 12.0. The summed E-state index contributed by atoms with van der Waals surface area (Å²) in [4.78, 5) is 0. The summed E-state index contributed by atoms with van der Waals surface area (Å²) < 4.78 is 124. The van der Waals surface area contributed by atoms with Gasteiger partial charge in [-0.25, -0.2) is 39.5 Å². The van der Waals surface area contributed by atoms with Gasteiger partial charge in [0.05, 0.1) is 10.8 Å². The van der Waals surface area contributed by atoms with Crippen LogP contribution >= 0.6 is 0 Å². The van der Waals surface area contributed by atoms with E-state index in [1.165, 1.54) is 0 Å². The van der Waals surface area contributed by atoms with Crippen LogP contribution in [0.15, 0.2) is 0 Å². The number of halogens is 9. The molecule has 1 radical (unpaired) electrons. The Morgan fingerprint density at radius 3 is 0.960 bits per heavy atom. The lowest BCUT2D eigenvalue weighted by molar-refractivity contribution is 0.413. The van der Waals surface area contributed by atoms with Crippen LogP contribution in [0.25, 0.3) is 21.5 Å². The predicted octanol–water partition coefficient (Wildman–Crippen LogP) is 4.62. The lowest BCUT2D eigenvalue weighted by atomic mass is 9.68. The summed E-state index contributed by atoms with van der Waals surface area (Å²) >= 11 is 0. The van der Waals surface area contributed by atoms with Gasteiger partial charge in [-0.2, -0.15) is 0 Å². The van der Waals surface area contributed by atoms with Crippen LogP contribution in [-0.4, -0.2) is 7.28 Å². The number of hydrogen-bond acceptors (Lipinski definition) is 0. The highest BCUT2D eigenvalue weighted by atomic mass is 19.2. The zero-order valence-electron chi connectivity index (χ0n) is 12.0. The SMILES string of the molecule is C[B]c1c2c(F)c(F)c(F)c(F)c2c(F)c2c(F)c(F)c(F)c(F)c12. The number of hydrogen-bond donors (Lipinski definition) is 0. The van der Waals surface area contributed by atoms with E-state index >= 15 is 0 Å². The lowest BCUT2D eigenvalue weighted by Crippen LogP contribution is -2.21. The Hall–Kier alpha value is -2.39. The summed E-state index contributed by atoms with van der Waals surface area (Å²) in [6.45, 7) is 1.06. The van der Waals surface area contributed by atoms with Crippen LogP contribution in [0, 0.1) is 52.4 Å². The van der Waals surface area contributed by atoms with Gasteiger partial charge in [-0.1, -0.05) is 12.3 Å². The van der Waals surface area contributed by atoms with E-state index in [4.69, 9.17) is 0 Å². The van der Waals surface area contributed by atoms with Gasteiger partial charge in [0.1, 0.15) is 13.1 Å². The van der Waals surface area contributed by atoms with Crippen molar-refractivity contribution in [1.29, 1.82) is 0 Å². The van der Waals surface area contributed by atoms with Gasteiger partial charge >= 0.3 is 0 Å². The quantitative estimate of drug-likeness (QED) is 0.194. The summed E-state index contributed by atoms with van der Waals surface area (Å²) in [5, 5.41) is -5.65. The molecule has 0 aliphatic heterocycles. The minimum absolute atomic E-state index is 0.768. The molecule has 0 heterocycles. The summed E-state index contributed by atoms with van der Waals surface area (Å²) in [5.41, 5.74) is -0.864. The molecule has 0 unspecified atom stereocenters. The third kappa shape index (κ3) is 2.05. The number of fused-ring (bicyclic) bond motifs is 2. The van der Waals surface area contributed by atoms with E-state index in [-0.39, 0.29) is 0 Å². The molecule has 3 aromatic carbocycles. The van der Waals surface area contributed by atoms with Gasteiger partial charge in [0.25, 0.3) is 0 Å². The fourth-order valence-electron chi connectivity index (χ4n) is 2.72. The van der Waals surface area contributed by atoms with Gasteiger partial charge in [-0.05, 0) is 0 Å². The van der Waals surface area contributed by atoms with Crippen molar-refractivity contribution in [2.45, 2.75) is 6.82 Å². The summed E-state index contributed by atoms with van der Waals surface area (Å²) in [5.74, 6) is -20.2. The fraction of sp³-hybridized carbons (Fsp3) is 0.0667. The lowest BCUT2D eigenvalue weighted by Gasteiger charge is -2.15. The van der Waals surface area contributed by atoms with Crippen molar-refractivity contribution in [3.05, 3.63) is 52.4 Å². The normalized spacial score (nSPS) is 11.6. The van der Waals surface area contributed by atoms with E-state index < -0.39 is 79.4 Å². The number of rotatable bonds is 1. The molecule has 0 nitrogen and oxygen atoms in total. The van der Waals surface area contributed by atoms with E-state index in [0.717, 1.165) is 14.1 Å². The highest BCUT2D eigenvalue weighted by Crippen LogP contribution is 2.35. The molecule has 0 amide bonds. The van der Waals surface area contributed by atoms with Crippen molar-refractivity contribution in [2.24, 2.45) is 0 Å². The topological polar surface area (TPSA) is 0 Å². The van der Waals surface area contributed by atoms with Crippen LogP contribution in [0.1, 0.15) is 0 Å². The van der Waals surface area contributed by atoms with Crippen molar-refractivity contribution >= 4 is 34.3 Å². The Bertz CT molecular complexity index is 994. The fourth-order valence-corrected chi connectivity index (χ4v) is 2.72. The van der Waals surface area contributed by atoms with Crippen molar-refractivity contribution in [2.75, 3.05) is 0 Å². The molecule has 0 atom stereocenters. The first-order valence-corrected chi connectivity index (χ1v) is 6.57. The molecule has 0 aliphatic rings. The minimum atomic E-state index is -2.39. The van der Waals surface area contributed by atoms with Gasteiger partial charge in [0.15, 0.2) is 46.5 Å². The van der Waals surface area contributed by atoms with Gasteiger partial charge < -0.3 is 0 Å². The molecule has 0 saturated heterocycles. The van der Waals surface area contributed by atoms with Gasteiger partial charge in [0.2, 0.25) is 0 Å². The third-order valence-corrected chi connectivity index (χ3v) is 3.80. The van der Waals surface area contributed by atoms with Crippen LogP contribution in [-0.2, 0) is 0 Å². The molecule has 3 aromatic rings. The molecule has 0 saturated carbocycles. The molecule has 0 aliphatic carbocycles. The molecule has 3 rings (SSSR count). The van der Waals surface area contributed by atoms with Crippen molar-refractivity contribution in [1.82, 2.24) is 0 Å². The molecular formula is C15H3BF9. The molecule has 0 spiro atoms. The van der Waals surface area contributed by atoms with Crippen LogP contribution in [0.3, 0.4) is 0 Å². The maximum absolute atomic E-state index is 14.5. The Kier molecular flexibility index (Phi) is 3.88. The van der Waals surface area contributed by atoms with E-state index in [1.807, 2.05) is 0 Å².